The van der Waals surface area contributed by atoms with Crippen molar-refractivity contribution in [3.8, 4) is 0 Å². The molecule has 3 rings (SSSR count). The topological polar surface area (TPSA) is 34.0 Å². The minimum Gasteiger partial charge on any atom is -0.347 e. The van der Waals surface area contributed by atoms with Crippen molar-refractivity contribution in [1.29, 1.82) is 0 Å². The maximum absolute atomic E-state index is 13.9. The first-order chi connectivity index (χ1) is 10.9. The summed E-state index contributed by atoms with van der Waals surface area (Å²) in [5.41, 5.74) is 1.19. The van der Waals surface area contributed by atoms with E-state index in [1.165, 1.54) is 35.0 Å². The molecular formula is C17H13ClF2N2O. The van der Waals surface area contributed by atoms with Crippen LogP contribution < -0.4 is 5.32 Å². The third-order valence-electron chi connectivity index (χ3n) is 3.69. The zero-order valence-electron chi connectivity index (χ0n) is 12.5. The molecule has 0 aliphatic rings. The monoisotopic (exact) mass is 334 g/mol. The Hall–Kier alpha value is -2.40. The molecule has 0 aliphatic heterocycles. The Morgan fingerprint density at radius 3 is 2.70 bits per heavy atom. The van der Waals surface area contributed by atoms with Gasteiger partial charge < -0.3 is 9.88 Å². The molecule has 3 nitrogen and oxygen atoms in total. The minimum absolute atomic E-state index is 0.174. The predicted molar refractivity (Wildman–Crippen MR) is 87.0 cm³/mol. The average molecular weight is 335 g/mol. The molecule has 0 aliphatic carbocycles. The van der Waals surface area contributed by atoms with Crippen LogP contribution in [0.3, 0.4) is 0 Å². The van der Waals surface area contributed by atoms with Crippen LogP contribution >= 0.6 is 11.6 Å². The van der Waals surface area contributed by atoms with Crippen LogP contribution in [0.15, 0.2) is 36.5 Å². The SMILES string of the molecule is Cc1cc(Cl)c(NC(=O)c2cn(C)c3c(F)cccc23)cc1F. The van der Waals surface area contributed by atoms with E-state index < -0.39 is 17.5 Å². The van der Waals surface area contributed by atoms with Crippen LogP contribution in [0.25, 0.3) is 10.9 Å². The Labute approximate surface area is 136 Å². The number of aromatic nitrogens is 1. The molecule has 0 bridgehead atoms. The molecule has 2 aromatic carbocycles. The number of amides is 1. The van der Waals surface area contributed by atoms with Crippen LogP contribution in [-0.4, -0.2) is 10.5 Å². The maximum atomic E-state index is 13.9. The van der Waals surface area contributed by atoms with Gasteiger partial charge in [0.2, 0.25) is 0 Å². The third-order valence-corrected chi connectivity index (χ3v) is 4.01. The zero-order valence-corrected chi connectivity index (χ0v) is 13.2. The normalized spacial score (nSPS) is 11.0. The molecule has 0 saturated heterocycles. The number of para-hydroxylation sites is 1. The zero-order chi connectivity index (χ0) is 16.7. The molecule has 0 atom stereocenters. The van der Waals surface area contributed by atoms with E-state index >= 15 is 0 Å². The van der Waals surface area contributed by atoms with Gasteiger partial charge in [0.25, 0.3) is 5.91 Å². The van der Waals surface area contributed by atoms with Crippen LogP contribution in [0.5, 0.6) is 0 Å². The van der Waals surface area contributed by atoms with Gasteiger partial charge in [-0.3, -0.25) is 4.79 Å². The number of carbonyl (C=O) groups excluding carboxylic acids is 1. The number of anilines is 1. The van der Waals surface area contributed by atoms with E-state index in [1.54, 1.807) is 20.0 Å². The smallest absolute Gasteiger partial charge is 0.257 e. The van der Waals surface area contributed by atoms with Gasteiger partial charge in [0, 0.05) is 18.6 Å². The molecule has 0 radical (unpaired) electrons. The van der Waals surface area contributed by atoms with Crippen LogP contribution in [0.2, 0.25) is 5.02 Å². The van der Waals surface area contributed by atoms with Gasteiger partial charge in [0.1, 0.15) is 11.6 Å². The van der Waals surface area contributed by atoms with Crippen molar-refractivity contribution >= 4 is 34.1 Å². The summed E-state index contributed by atoms with van der Waals surface area (Å²) in [6.45, 7) is 1.58. The second kappa shape index (κ2) is 5.66. The highest BCUT2D eigenvalue weighted by Crippen LogP contribution is 2.28. The number of rotatable bonds is 2. The van der Waals surface area contributed by atoms with Crippen molar-refractivity contribution in [1.82, 2.24) is 4.57 Å². The van der Waals surface area contributed by atoms with Gasteiger partial charge >= 0.3 is 0 Å². The summed E-state index contributed by atoms with van der Waals surface area (Å²) in [7, 11) is 1.65. The average Bonchev–Trinajstić information content (AvgIpc) is 2.83. The van der Waals surface area contributed by atoms with Crippen LogP contribution in [0.4, 0.5) is 14.5 Å². The summed E-state index contributed by atoms with van der Waals surface area (Å²) < 4.78 is 29.1. The van der Waals surface area contributed by atoms with E-state index in [-0.39, 0.29) is 10.7 Å². The maximum Gasteiger partial charge on any atom is 0.257 e. The van der Waals surface area contributed by atoms with E-state index in [9.17, 15) is 13.6 Å². The highest BCUT2D eigenvalue weighted by Gasteiger charge is 2.17. The molecule has 0 spiro atoms. The van der Waals surface area contributed by atoms with Gasteiger partial charge in [-0.05, 0) is 30.7 Å². The lowest BCUT2D eigenvalue weighted by Gasteiger charge is -2.08. The summed E-state index contributed by atoms with van der Waals surface area (Å²) in [6, 6.07) is 7.13. The predicted octanol–water partition coefficient (Wildman–Crippen LogP) is 4.67. The second-order valence-corrected chi connectivity index (χ2v) is 5.73. The number of aryl methyl sites for hydroxylation is 2. The van der Waals surface area contributed by atoms with Crippen molar-refractivity contribution in [3.05, 3.63) is 64.3 Å². The van der Waals surface area contributed by atoms with Gasteiger partial charge in [-0.2, -0.15) is 0 Å². The molecule has 1 N–H and O–H groups in total. The lowest BCUT2D eigenvalue weighted by molar-refractivity contribution is 0.102. The van der Waals surface area contributed by atoms with Crippen LogP contribution in [0.1, 0.15) is 15.9 Å². The summed E-state index contributed by atoms with van der Waals surface area (Å²) in [4.78, 5) is 12.5. The lowest BCUT2D eigenvalue weighted by atomic mass is 10.1. The first-order valence-corrected chi connectivity index (χ1v) is 7.27. The molecule has 118 valence electrons. The molecular weight excluding hydrogens is 322 g/mol. The Bertz CT molecular complexity index is 934. The van der Waals surface area contributed by atoms with E-state index in [0.29, 0.717) is 22.0 Å². The fourth-order valence-electron chi connectivity index (χ4n) is 2.53. The lowest BCUT2D eigenvalue weighted by Crippen LogP contribution is -2.12. The number of nitrogens with one attached hydrogen (secondary N) is 1. The van der Waals surface area contributed by atoms with Crippen molar-refractivity contribution in [2.75, 3.05) is 5.32 Å². The fraction of sp³-hybridized carbons (Fsp3) is 0.118. The number of carbonyl (C=O) groups is 1. The first-order valence-electron chi connectivity index (χ1n) is 6.89. The summed E-state index contributed by atoms with van der Waals surface area (Å²) in [6.07, 6.45) is 1.53. The second-order valence-electron chi connectivity index (χ2n) is 5.33. The number of halogens is 3. The number of hydrogen-bond acceptors (Lipinski definition) is 1. The highest BCUT2D eigenvalue weighted by atomic mass is 35.5. The van der Waals surface area contributed by atoms with Crippen molar-refractivity contribution in [2.45, 2.75) is 6.92 Å². The Morgan fingerprint density at radius 1 is 1.22 bits per heavy atom. The molecule has 1 heterocycles. The number of hydrogen-bond donors (Lipinski definition) is 1. The molecule has 1 amide bonds. The molecule has 1 aromatic heterocycles. The Kier molecular flexibility index (Phi) is 3.82. The molecule has 23 heavy (non-hydrogen) atoms. The number of benzene rings is 2. The van der Waals surface area contributed by atoms with E-state index in [0.717, 1.165) is 0 Å². The van der Waals surface area contributed by atoms with Gasteiger partial charge in [-0.25, -0.2) is 8.78 Å². The summed E-state index contributed by atoms with van der Waals surface area (Å²) >= 11 is 6.04. The standard InChI is InChI=1S/C17H13ClF2N2O/c1-9-6-12(18)15(7-14(9)20)21-17(23)11-8-22(2)16-10(11)4-3-5-13(16)19/h3-8H,1-2H3,(H,21,23). The van der Waals surface area contributed by atoms with Crippen LogP contribution in [-0.2, 0) is 7.05 Å². The Balaban J connectivity index is 2.02. The fourth-order valence-corrected chi connectivity index (χ4v) is 2.80. The molecule has 6 heteroatoms. The van der Waals surface area contributed by atoms with Crippen LogP contribution in [0, 0.1) is 18.6 Å². The molecule has 3 aromatic rings. The minimum atomic E-state index is -0.480. The van der Waals surface area contributed by atoms with Crippen molar-refractivity contribution in [2.24, 2.45) is 7.05 Å². The molecule has 0 unspecified atom stereocenters. The molecule has 0 fully saturated rings. The van der Waals surface area contributed by atoms with E-state index in [4.69, 9.17) is 11.6 Å². The summed E-state index contributed by atoms with van der Waals surface area (Å²) in [5, 5.41) is 3.29. The first kappa shape index (κ1) is 15.5. The van der Waals surface area contributed by atoms with Crippen molar-refractivity contribution < 1.29 is 13.6 Å². The quantitative estimate of drug-likeness (QED) is 0.726. The van der Waals surface area contributed by atoms with E-state index in [2.05, 4.69) is 5.32 Å². The third kappa shape index (κ3) is 2.68. The van der Waals surface area contributed by atoms with Gasteiger partial charge in [-0.15, -0.1) is 0 Å². The number of nitrogens with zero attached hydrogens (tertiary/aromatic N) is 1. The van der Waals surface area contributed by atoms with Gasteiger partial charge in [-0.1, -0.05) is 23.7 Å². The Morgan fingerprint density at radius 2 is 1.96 bits per heavy atom. The van der Waals surface area contributed by atoms with Crippen molar-refractivity contribution in [3.63, 3.8) is 0 Å². The summed E-state index contributed by atoms with van der Waals surface area (Å²) in [5.74, 6) is -1.36. The molecule has 0 saturated carbocycles. The van der Waals surface area contributed by atoms with Gasteiger partial charge in [0.15, 0.2) is 0 Å². The van der Waals surface area contributed by atoms with Gasteiger partial charge in [0.05, 0.1) is 21.8 Å². The largest absolute Gasteiger partial charge is 0.347 e. The number of fused-ring (bicyclic) bond motifs is 1. The highest BCUT2D eigenvalue weighted by molar-refractivity contribution is 6.34. The van der Waals surface area contributed by atoms with E-state index in [1.807, 2.05) is 0 Å².